The highest BCUT2D eigenvalue weighted by Crippen LogP contribution is 2.30. The molecule has 3 nitrogen and oxygen atoms in total. The highest BCUT2D eigenvalue weighted by atomic mass is 19.4. The Balaban J connectivity index is 2.32. The Bertz CT molecular complexity index is 528. The van der Waals surface area contributed by atoms with Crippen LogP contribution in [0.15, 0.2) is 34.9 Å². The molecule has 0 aliphatic rings. The van der Waals surface area contributed by atoms with Gasteiger partial charge in [-0.15, -0.1) is 0 Å². The van der Waals surface area contributed by atoms with Gasteiger partial charge in [0.1, 0.15) is 12.0 Å². The van der Waals surface area contributed by atoms with Crippen molar-refractivity contribution in [1.82, 2.24) is 4.98 Å². The van der Waals surface area contributed by atoms with Crippen molar-refractivity contribution in [2.75, 3.05) is 0 Å². The molecule has 1 aromatic heterocycles. The van der Waals surface area contributed by atoms with Gasteiger partial charge in [-0.25, -0.2) is 4.98 Å². The van der Waals surface area contributed by atoms with Crippen LogP contribution in [0.2, 0.25) is 0 Å². The molecule has 0 aliphatic heterocycles. The molecule has 17 heavy (non-hydrogen) atoms. The Morgan fingerprint density at radius 3 is 2.29 bits per heavy atom. The van der Waals surface area contributed by atoms with Crippen LogP contribution in [0.1, 0.15) is 16.2 Å². The van der Waals surface area contributed by atoms with Crippen molar-refractivity contribution < 1.29 is 22.4 Å². The minimum atomic E-state index is -4.36. The number of nitrogens with zero attached hydrogens (tertiary/aromatic N) is 1. The minimum Gasteiger partial charge on any atom is -0.442 e. The molecule has 0 N–H and O–H groups in total. The zero-order chi connectivity index (χ0) is 12.5. The second-order valence-corrected chi connectivity index (χ2v) is 3.26. The van der Waals surface area contributed by atoms with E-state index in [0.29, 0.717) is 17.5 Å². The lowest BCUT2D eigenvalue weighted by molar-refractivity contribution is -0.137. The van der Waals surface area contributed by atoms with E-state index in [9.17, 15) is 18.0 Å². The van der Waals surface area contributed by atoms with Crippen LogP contribution in [0, 0.1) is 0 Å². The summed E-state index contributed by atoms with van der Waals surface area (Å²) in [7, 11) is 0. The zero-order valence-corrected chi connectivity index (χ0v) is 8.36. The number of alkyl halides is 3. The molecule has 0 amide bonds. The highest BCUT2D eigenvalue weighted by Gasteiger charge is 2.30. The number of halogens is 3. The summed E-state index contributed by atoms with van der Waals surface area (Å²) < 4.78 is 41.7. The summed E-state index contributed by atoms with van der Waals surface area (Å²) in [4.78, 5) is 14.1. The van der Waals surface area contributed by atoms with Crippen molar-refractivity contribution in [2.24, 2.45) is 0 Å². The first-order valence-corrected chi connectivity index (χ1v) is 4.59. The highest BCUT2D eigenvalue weighted by molar-refractivity contribution is 5.70. The summed E-state index contributed by atoms with van der Waals surface area (Å²) in [6.45, 7) is 0. The molecule has 2 aromatic rings. The first-order valence-electron chi connectivity index (χ1n) is 4.59. The number of hydrogen-bond acceptors (Lipinski definition) is 3. The summed E-state index contributed by atoms with van der Waals surface area (Å²) >= 11 is 0. The monoisotopic (exact) mass is 241 g/mol. The summed E-state index contributed by atoms with van der Waals surface area (Å²) in [5.41, 5.74) is 0.0380. The molecule has 0 unspecified atom stereocenters. The molecular formula is C11H6F3NO2. The van der Waals surface area contributed by atoms with Gasteiger partial charge in [0.15, 0.2) is 0 Å². The number of carbonyl (C=O) groups is 1. The second kappa shape index (κ2) is 4.04. The zero-order valence-electron chi connectivity index (χ0n) is 8.36. The lowest BCUT2D eigenvalue weighted by atomic mass is 10.1. The van der Waals surface area contributed by atoms with Crippen LogP contribution in [0.4, 0.5) is 13.2 Å². The molecule has 2 rings (SSSR count). The second-order valence-electron chi connectivity index (χ2n) is 3.26. The number of aromatic nitrogens is 1. The lowest BCUT2D eigenvalue weighted by Gasteiger charge is -2.06. The Kier molecular flexibility index (Phi) is 2.71. The van der Waals surface area contributed by atoms with Crippen molar-refractivity contribution >= 4 is 6.29 Å². The van der Waals surface area contributed by atoms with Crippen LogP contribution in [0.25, 0.3) is 11.3 Å². The number of rotatable bonds is 2. The normalized spacial score (nSPS) is 11.5. The molecule has 1 heterocycles. The van der Waals surface area contributed by atoms with Crippen molar-refractivity contribution in [3.8, 4) is 11.3 Å². The molecule has 0 aliphatic carbocycles. The van der Waals surface area contributed by atoms with Crippen LogP contribution in [-0.2, 0) is 6.18 Å². The smallest absolute Gasteiger partial charge is 0.416 e. The van der Waals surface area contributed by atoms with E-state index in [4.69, 9.17) is 4.42 Å². The third-order valence-corrected chi connectivity index (χ3v) is 2.13. The summed E-state index contributed by atoms with van der Waals surface area (Å²) in [6.07, 6.45) is -2.73. The van der Waals surface area contributed by atoms with Crippen molar-refractivity contribution in [2.45, 2.75) is 6.18 Å². The van der Waals surface area contributed by atoms with Crippen LogP contribution < -0.4 is 0 Å². The summed E-state index contributed by atoms with van der Waals surface area (Å²) in [6, 6.07) is 4.44. The molecular weight excluding hydrogens is 235 g/mol. The number of oxazole rings is 1. The first kappa shape index (κ1) is 11.4. The molecule has 0 saturated carbocycles. The van der Waals surface area contributed by atoms with E-state index < -0.39 is 11.7 Å². The molecule has 1 aromatic carbocycles. The number of hydrogen-bond donors (Lipinski definition) is 0. The average Bonchev–Trinajstić information content (AvgIpc) is 2.76. The van der Waals surface area contributed by atoms with Gasteiger partial charge in [0.25, 0.3) is 5.89 Å². The van der Waals surface area contributed by atoms with E-state index in [1.54, 1.807) is 0 Å². The van der Waals surface area contributed by atoms with E-state index in [1.807, 2.05) is 0 Å². The Morgan fingerprint density at radius 2 is 1.82 bits per heavy atom. The van der Waals surface area contributed by atoms with Gasteiger partial charge in [0.2, 0.25) is 6.29 Å². The fourth-order valence-electron chi connectivity index (χ4n) is 1.30. The van der Waals surface area contributed by atoms with Gasteiger partial charge in [-0.2, -0.15) is 13.2 Å². The third kappa shape index (κ3) is 2.35. The number of carbonyl (C=O) groups excluding carboxylic acids is 1. The van der Waals surface area contributed by atoms with Crippen LogP contribution in [0.3, 0.4) is 0 Å². The van der Waals surface area contributed by atoms with Crippen LogP contribution in [0.5, 0.6) is 0 Å². The van der Waals surface area contributed by atoms with E-state index in [1.165, 1.54) is 18.4 Å². The topological polar surface area (TPSA) is 43.1 Å². The molecule has 6 heteroatoms. The molecule has 0 bridgehead atoms. The van der Waals surface area contributed by atoms with Gasteiger partial charge >= 0.3 is 6.18 Å². The van der Waals surface area contributed by atoms with E-state index >= 15 is 0 Å². The van der Waals surface area contributed by atoms with E-state index in [2.05, 4.69) is 4.98 Å². The number of aldehydes is 1. The fourth-order valence-corrected chi connectivity index (χ4v) is 1.30. The maximum Gasteiger partial charge on any atom is 0.416 e. The van der Waals surface area contributed by atoms with Gasteiger partial charge in [-0.1, -0.05) is 12.1 Å². The average molecular weight is 241 g/mol. The predicted octanol–water partition coefficient (Wildman–Crippen LogP) is 3.17. The predicted molar refractivity (Wildman–Crippen MR) is 52.3 cm³/mol. The first-order chi connectivity index (χ1) is 8.00. The summed E-state index contributed by atoms with van der Waals surface area (Å²) in [5, 5.41) is 0. The molecule has 0 radical (unpaired) electrons. The summed E-state index contributed by atoms with van der Waals surface area (Å²) in [5.74, 6) is -0.111. The molecule has 0 spiro atoms. The van der Waals surface area contributed by atoms with Crippen LogP contribution >= 0.6 is 0 Å². The van der Waals surface area contributed by atoms with E-state index in [0.717, 1.165) is 12.1 Å². The van der Waals surface area contributed by atoms with Crippen molar-refractivity contribution in [3.63, 3.8) is 0 Å². The number of benzene rings is 1. The third-order valence-electron chi connectivity index (χ3n) is 2.13. The van der Waals surface area contributed by atoms with Gasteiger partial charge in [-0.05, 0) is 12.1 Å². The van der Waals surface area contributed by atoms with Crippen LogP contribution in [-0.4, -0.2) is 11.3 Å². The Morgan fingerprint density at radius 1 is 1.18 bits per heavy atom. The SMILES string of the molecule is O=Cc1nc(-c2ccc(C(F)(F)F)cc2)co1. The quantitative estimate of drug-likeness (QED) is 0.758. The van der Waals surface area contributed by atoms with Crippen molar-refractivity contribution in [3.05, 3.63) is 42.0 Å². The largest absolute Gasteiger partial charge is 0.442 e. The molecule has 0 atom stereocenters. The molecule has 0 fully saturated rings. The van der Waals surface area contributed by atoms with E-state index in [-0.39, 0.29) is 5.89 Å². The lowest BCUT2D eigenvalue weighted by Crippen LogP contribution is -2.03. The van der Waals surface area contributed by atoms with Gasteiger partial charge in [0.05, 0.1) is 5.56 Å². The molecule has 0 saturated heterocycles. The molecule has 88 valence electrons. The minimum absolute atomic E-state index is 0.111. The standard InChI is InChI=1S/C11H6F3NO2/c12-11(13,14)8-3-1-7(2-4-8)9-6-17-10(5-16)15-9/h1-6H. The van der Waals surface area contributed by atoms with Gasteiger partial charge < -0.3 is 4.42 Å². The maximum absolute atomic E-state index is 12.3. The fraction of sp³-hybridized carbons (Fsp3) is 0.0909. The maximum atomic E-state index is 12.3. The Labute approximate surface area is 93.9 Å². The van der Waals surface area contributed by atoms with Crippen molar-refractivity contribution in [1.29, 1.82) is 0 Å². The van der Waals surface area contributed by atoms with Gasteiger partial charge in [0, 0.05) is 5.56 Å². The van der Waals surface area contributed by atoms with Gasteiger partial charge in [-0.3, -0.25) is 4.79 Å². The Hall–Kier alpha value is -2.11.